The van der Waals surface area contributed by atoms with E-state index in [2.05, 4.69) is 54.1 Å². The quantitative estimate of drug-likeness (QED) is 0.716. The van der Waals surface area contributed by atoms with E-state index in [0.717, 1.165) is 37.4 Å². The van der Waals surface area contributed by atoms with E-state index in [1.165, 1.54) is 27.9 Å². The molecular weight excluding hydrogens is 306 g/mol. The summed E-state index contributed by atoms with van der Waals surface area (Å²) in [6.45, 7) is 7.32. The van der Waals surface area contributed by atoms with Crippen molar-refractivity contribution in [1.29, 1.82) is 0 Å². The Morgan fingerprint density at radius 3 is 2.68 bits per heavy atom. The smallest absolute Gasteiger partial charge is 0.159 e. The molecule has 0 unspecified atom stereocenters. The second-order valence-electron chi connectivity index (χ2n) is 6.92. The van der Waals surface area contributed by atoms with Crippen LogP contribution >= 0.6 is 0 Å². The normalized spacial score (nSPS) is 14.3. The maximum Gasteiger partial charge on any atom is 0.159 e. The van der Waals surface area contributed by atoms with Gasteiger partial charge in [0, 0.05) is 43.4 Å². The Labute approximate surface area is 149 Å². The molecule has 4 rings (SSSR count). The zero-order valence-corrected chi connectivity index (χ0v) is 14.9. The Balaban J connectivity index is 1.52. The Morgan fingerprint density at radius 1 is 1.04 bits per heavy atom. The van der Waals surface area contributed by atoms with Crippen LogP contribution in [0.1, 0.15) is 27.9 Å². The summed E-state index contributed by atoms with van der Waals surface area (Å²) in [6, 6.07) is 16.9. The van der Waals surface area contributed by atoms with E-state index in [-0.39, 0.29) is 0 Å². The maximum absolute atomic E-state index is 4.82. The van der Waals surface area contributed by atoms with E-state index in [1.807, 2.05) is 24.4 Å². The van der Waals surface area contributed by atoms with Gasteiger partial charge >= 0.3 is 0 Å². The first-order valence-corrected chi connectivity index (χ1v) is 8.88. The third kappa shape index (κ3) is 3.47. The SMILES string of the molecule is Cc1ccc(CN2CCc3nc(-c4ccccc4)ncc3C2)c(C)c1. The van der Waals surface area contributed by atoms with E-state index >= 15 is 0 Å². The fraction of sp³-hybridized carbons (Fsp3) is 0.273. The van der Waals surface area contributed by atoms with Gasteiger partial charge in [0.15, 0.2) is 5.82 Å². The molecule has 2 heterocycles. The van der Waals surface area contributed by atoms with Crippen LogP contribution in [0, 0.1) is 13.8 Å². The molecule has 0 saturated carbocycles. The highest BCUT2D eigenvalue weighted by atomic mass is 15.1. The number of hydrogen-bond donors (Lipinski definition) is 0. The van der Waals surface area contributed by atoms with Crippen molar-refractivity contribution >= 4 is 0 Å². The van der Waals surface area contributed by atoms with Crippen molar-refractivity contribution in [1.82, 2.24) is 14.9 Å². The minimum atomic E-state index is 0.835. The van der Waals surface area contributed by atoms with Gasteiger partial charge in [-0.25, -0.2) is 9.97 Å². The first kappa shape index (κ1) is 16.0. The zero-order valence-electron chi connectivity index (χ0n) is 14.9. The summed E-state index contributed by atoms with van der Waals surface area (Å²) in [7, 11) is 0. The number of benzene rings is 2. The van der Waals surface area contributed by atoms with Crippen molar-refractivity contribution in [3.05, 3.63) is 82.7 Å². The lowest BCUT2D eigenvalue weighted by Gasteiger charge is -2.28. The summed E-state index contributed by atoms with van der Waals surface area (Å²) >= 11 is 0. The van der Waals surface area contributed by atoms with Crippen molar-refractivity contribution in [2.45, 2.75) is 33.4 Å². The molecule has 0 fully saturated rings. The molecule has 1 aromatic heterocycles. The standard InChI is InChI=1S/C22H23N3/c1-16-8-9-19(17(2)12-16)14-25-11-10-21-20(15-25)13-23-22(24-21)18-6-4-3-5-7-18/h3-9,12-13H,10-11,14-15H2,1-2H3. The molecule has 0 saturated heterocycles. The van der Waals surface area contributed by atoms with Crippen molar-refractivity contribution in [2.75, 3.05) is 6.54 Å². The average Bonchev–Trinajstić information content (AvgIpc) is 2.64. The first-order valence-electron chi connectivity index (χ1n) is 8.88. The first-order chi connectivity index (χ1) is 12.2. The number of hydrogen-bond acceptors (Lipinski definition) is 3. The van der Waals surface area contributed by atoms with Gasteiger partial charge in [0.1, 0.15) is 0 Å². The Bertz CT molecular complexity index is 887. The monoisotopic (exact) mass is 329 g/mol. The average molecular weight is 329 g/mol. The summed E-state index contributed by atoms with van der Waals surface area (Å²) in [5, 5.41) is 0. The van der Waals surface area contributed by atoms with Crippen molar-refractivity contribution < 1.29 is 0 Å². The molecule has 0 radical (unpaired) electrons. The van der Waals surface area contributed by atoms with E-state index in [4.69, 9.17) is 4.98 Å². The lowest BCUT2D eigenvalue weighted by molar-refractivity contribution is 0.242. The Kier molecular flexibility index (Phi) is 4.33. The van der Waals surface area contributed by atoms with E-state index < -0.39 is 0 Å². The molecule has 1 aliphatic heterocycles. The molecule has 2 aromatic carbocycles. The van der Waals surface area contributed by atoms with Gasteiger partial charge in [0.2, 0.25) is 0 Å². The number of fused-ring (bicyclic) bond motifs is 1. The summed E-state index contributed by atoms with van der Waals surface area (Å²) in [5.41, 5.74) is 7.66. The number of rotatable bonds is 3. The molecule has 0 N–H and O–H groups in total. The van der Waals surface area contributed by atoms with Gasteiger partial charge in [-0.3, -0.25) is 4.90 Å². The van der Waals surface area contributed by atoms with Crippen LogP contribution in [0.2, 0.25) is 0 Å². The fourth-order valence-electron chi connectivity index (χ4n) is 3.50. The van der Waals surface area contributed by atoms with E-state index in [0.29, 0.717) is 0 Å². The molecule has 0 aliphatic carbocycles. The predicted octanol–water partition coefficient (Wildman–Crippen LogP) is 4.32. The maximum atomic E-state index is 4.82. The van der Waals surface area contributed by atoms with Crippen LogP contribution in [0.4, 0.5) is 0 Å². The molecule has 0 spiro atoms. The molecule has 25 heavy (non-hydrogen) atoms. The molecule has 3 aromatic rings. The van der Waals surface area contributed by atoms with Gasteiger partial charge in [-0.05, 0) is 25.0 Å². The van der Waals surface area contributed by atoms with Gasteiger partial charge in [0.25, 0.3) is 0 Å². The molecule has 3 nitrogen and oxygen atoms in total. The number of aromatic nitrogens is 2. The van der Waals surface area contributed by atoms with E-state index in [9.17, 15) is 0 Å². The Morgan fingerprint density at radius 2 is 1.88 bits per heavy atom. The second-order valence-corrected chi connectivity index (χ2v) is 6.92. The number of aryl methyl sites for hydroxylation is 2. The van der Waals surface area contributed by atoms with Gasteiger partial charge in [-0.15, -0.1) is 0 Å². The predicted molar refractivity (Wildman–Crippen MR) is 101 cm³/mol. The van der Waals surface area contributed by atoms with Crippen molar-refractivity contribution in [2.24, 2.45) is 0 Å². The molecular formula is C22H23N3. The van der Waals surface area contributed by atoms with Crippen LogP contribution in [0.3, 0.4) is 0 Å². The lowest BCUT2D eigenvalue weighted by Crippen LogP contribution is -2.31. The fourth-order valence-corrected chi connectivity index (χ4v) is 3.50. The third-order valence-corrected chi connectivity index (χ3v) is 4.94. The van der Waals surface area contributed by atoms with Crippen LogP contribution in [0.25, 0.3) is 11.4 Å². The van der Waals surface area contributed by atoms with Crippen LogP contribution in [-0.4, -0.2) is 21.4 Å². The van der Waals surface area contributed by atoms with E-state index in [1.54, 1.807) is 0 Å². The van der Waals surface area contributed by atoms with Crippen LogP contribution < -0.4 is 0 Å². The summed E-state index contributed by atoms with van der Waals surface area (Å²) in [5.74, 6) is 0.835. The summed E-state index contributed by atoms with van der Waals surface area (Å²) in [6.07, 6.45) is 3.00. The number of nitrogens with zero attached hydrogens (tertiary/aromatic N) is 3. The second kappa shape index (κ2) is 6.77. The van der Waals surface area contributed by atoms with Crippen molar-refractivity contribution in [3.8, 4) is 11.4 Å². The zero-order chi connectivity index (χ0) is 17.2. The molecule has 0 bridgehead atoms. The summed E-state index contributed by atoms with van der Waals surface area (Å²) in [4.78, 5) is 11.9. The highest BCUT2D eigenvalue weighted by Crippen LogP contribution is 2.23. The highest BCUT2D eigenvalue weighted by molar-refractivity contribution is 5.54. The van der Waals surface area contributed by atoms with Gasteiger partial charge in [-0.1, -0.05) is 54.1 Å². The minimum Gasteiger partial charge on any atom is -0.294 e. The minimum absolute atomic E-state index is 0.835. The largest absolute Gasteiger partial charge is 0.294 e. The topological polar surface area (TPSA) is 29.0 Å². The van der Waals surface area contributed by atoms with Crippen LogP contribution in [0.5, 0.6) is 0 Å². The third-order valence-electron chi connectivity index (χ3n) is 4.94. The Hall–Kier alpha value is -2.52. The van der Waals surface area contributed by atoms with Gasteiger partial charge < -0.3 is 0 Å². The molecule has 0 atom stereocenters. The van der Waals surface area contributed by atoms with Crippen LogP contribution in [-0.2, 0) is 19.5 Å². The van der Waals surface area contributed by atoms with Gasteiger partial charge in [0.05, 0.1) is 5.69 Å². The lowest BCUT2D eigenvalue weighted by atomic mass is 10.0. The highest BCUT2D eigenvalue weighted by Gasteiger charge is 2.19. The van der Waals surface area contributed by atoms with Gasteiger partial charge in [-0.2, -0.15) is 0 Å². The molecule has 1 aliphatic rings. The molecule has 126 valence electrons. The summed E-state index contributed by atoms with van der Waals surface area (Å²) < 4.78 is 0. The molecule has 3 heteroatoms. The van der Waals surface area contributed by atoms with Crippen molar-refractivity contribution in [3.63, 3.8) is 0 Å². The van der Waals surface area contributed by atoms with Crippen LogP contribution in [0.15, 0.2) is 54.7 Å². The molecule has 0 amide bonds.